The van der Waals surface area contributed by atoms with Crippen molar-refractivity contribution < 1.29 is 14.1 Å². The van der Waals surface area contributed by atoms with Crippen molar-refractivity contribution in [2.75, 3.05) is 7.05 Å². The lowest BCUT2D eigenvalue weighted by molar-refractivity contribution is -0.137. The molecule has 146 valence electrons. The van der Waals surface area contributed by atoms with Crippen molar-refractivity contribution in [2.45, 2.75) is 40.3 Å². The number of nitrogens with zero attached hydrogens (tertiary/aromatic N) is 3. The quantitative estimate of drug-likeness (QED) is 0.645. The third-order valence-corrected chi connectivity index (χ3v) is 4.73. The molecule has 0 bridgehead atoms. The molecule has 0 saturated heterocycles. The number of aromatic nitrogens is 2. The minimum atomic E-state index is -0.620. The van der Waals surface area contributed by atoms with Crippen molar-refractivity contribution in [3.8, 4) is 17.1 Å². The molecule has 0 N–H and O–H groups in total. The van der Waals surface area contributed by atoms with Crippen molar-refractivity contribution in [1.29, 1.82) is 0 Å². The number of carbonyl (C=O) groups excluding carboxylic acids is 1. The van der Waals surface area contributed by atoms with E-state index < -0.39 is 6.10 Å². The van der Waals surface area contributed by atoms with Crippen LogP contribution in [0.1, 0.15) is 29.5 Å². The van der Waals surface area contributed by atoms with Gasteiger partial charge >= 0.3 is 0 Å². The molecule has 0 fully saturated rings. The molecular weight excluding hydrogens is 354 g/mol. The maximum Gasteiger partial charge on any atom is 0.263 e. The summed E-state index contributed by atoms with van der Waals surface area (Å²) in [4.78, 5) is 18.6. The van der Waals surface area contributed by atoms with E-state index in [1.165, 1.54) is 4.90 Å². The van der Waals surface area contributed by atoms with Gasteiger partial charge in [0.05, 0.1) is 6.54 Å². The number of benzene rings is 2. The molecule has 0 radical (unpaired) electrons. The smallest absolute Gasteiger partial charge is 0.263 e. The molecule has 0 aliphatic carbocycles. The van der Waals surface area contributed by atoms with Gasteiger partial charge in [-0.2, -0.15) is 4.98 Å². The van der Waals surface area contributed by atoms with E-state index in [-0.39, 0.29) is 12.5 Å². The number of aryl methyl sites for hydroxylation is 2. The van der Waals surface area contributed by atoms with Crippen molar-refractivity contribution in [3.63, 3.8) is 0 Å². The SMILES string of the molecule is Cc1ccc(-c2noc(CN(C)C(=O)[C@H](C)Oc3cccc(C)c3C)n2)cc1. The first-order valence-corrected chi connectivity index (χ1v) is 9.22. The Bertz CT molecular complexity index is 963. The van der Waals surface area contributed by atoms with Crippen LogP contribution in [-0.2, 0) is 11.3 Å². The molecule has 3 aromatic rings. The third kappa shape index (κ3) is 4.39. The van der Waals surface area contributed by atoms with E-state index in [2.05, 4.69) is 10.1 Å². The van der Waals surface area contributed by atoms with E-state index in [4.69, 9.17) is 9.26 Å². The lowest BCUT2D eigenvalue weighted by Crippen LogP contribution is -2.37. The van der Waals surface area contributed by atoms with Gasteiger partial charge in [0.2, 0.25) is 11.7 Å². The molecule has 6 heteroatoms. The highest BCUT2D eigenvalue weighted by molar-refractivity contribution is 5.80. The monoisotopic (exact) mass is 379 g/mol. The van der Waals surface area contributed by atoms with E-state index in [1.807, 2.05) is 63.2 Å². The summed E-state index contributed by atoms with van der Waals surface area (Å²) >= 11 is 0. The number of hydrogen-bond acceptors (Lipinski definition) is 5. The Hall–Kier alpha value is -3.15. The first kappa shape index (κ1) is 19.6. The predicted octanol–water partition coefficient (Wildman–Crippen LogP) is 4.09. The molecule has 0 saturated carbocycles. The van der Waals surface area contributed by atoms with Crippen molar-refractivity contribution >= 4 is 5.91 Å². The standard InChI is InChI=1S/C22H25N3O3/c1-14-9-11-18(12-10-14)21-23-20(28-24-21)13-25(5)22(26)17(4)27-19-8-6-7-15(2)16(19)3/h6-12,17H,13H2,1-5H3/t17-/m0/s1. The van der Waals surface area contributed by atoms with Gasteiger partial charge in [0.15, 0.2) is 6.10 Å². The largest absolute Gasteiger partial charge is 0.481 e. The van der Waals surface area contributed by atoms with Crippen LogP contribution in [0.15, 0.2) is 47.0 Å². The van der Waals surface area contributed by atoms with Gasteiger partial charge in [-0.25, -0.2) is 0 Å². The Balaban J connectivity index is 1.64. The summed E-state index contributed by atoms with van der Waals surface area (Å²) in [7, 11) is 1.70. The van der Waals surface area contributed by atoms with Gasteiger partial charge in [-0.15, -0.1) is 0 Å². The maximum absolute atomic E-state index is 12.7. The zero-order valence-electron chi connectivity index (χ0n) is 16.9. The van der Waals surface area contributed by atoms with Gasteiger partial charge in [-0.3, -0.25) is 4.79 Å². The molecule has 0 spiro atoms. The molecule has 0 aliphatic rings. The Kier molecular flexibility index (Phi) is 5.78. The molecule has 6 nitrogen and oxygen atoms in total. The summed E-state index contributed by atoms with van der Waals surface area (Å²) < 4.78 is 11.2. The number of rotatable bonds is 6. The fourth-order valence-electron chi connectivity index (χ4n) is 2.82. The van der Waals surface area contributed by atoms with Gasteiger partial charge < -0.3 is 14.2 Å². The first-order chi connectivity index (χ1) is 13.3. The Morgan fingerprint density at radius 3 is 2.57 bits per heavy atom. The number of ether oxygens (including phenoxy) is 1. The molecule has 1 aromatic heterocycles. The van der Waals surface area contributed by atoms with Gasteiger partial charge in [-0.1, -0.05) is 47.1 Å². The van der Waals surface area contributed by atoms with E-state index in [0.29, 0.717) is 17.5 Å². The van der Waals surface area contributed by atoms with Crippen LogP contribution in [0.4, 0.5) is 0 Å². The van der Waals surface area contributed by atoms with E-state index >= 15 is 0 Å². The summed E-state index contributed by atoms with van der Waals surface area (Å²) in [5, 5.41) is 4.01. The molecule has 0 aliphatic heterocycles. The minimum absolute atomic E-state index is 0.156. The summed E-state index contributed by atoms with van der Waals surface area (Å²) in [6.45, 7) is 7.98. The highest BCUT2D eigenvalue weighted by atomic mass is 16.5. The van der Waals surface area contributed by atoms with Crippen LogP contribution in [0, 0.1) is 20.8 Å². The Morgan fingerprint density at radius 2 is 1.86 bits per heavy atom. The summed E-state index contributed by atoms with van der Waals surface area (Å²) in [5.74, 6) is 1.45. The lowest BCUT2D eigenvalue weighted by Gasteiger charge is -2.21. The highest BCUT2D eigenvalue weighted by Crippen LogP contribution is 2.22. The van der Waals surface area contributed by atoms with Gasteiger partial charge in [-0.05, 0) is 44.9 Å². The minimum Gasteiger partial charge on any atom is -0.481 e. The summed E-state index contributed by atoms with van der Waals surface area (Å²) in [6, 6.07) is 13.7. The number of amides is 1. The second kappa shape index (κ2) is 8.25. The average molecular weight is 379 g/mol. The lowest BCUT2D eigenvalue weighted by atomic mass is 10.1. The molecule has 1 heterocycles. The van der Waals surface area contributed by atoms with Crippen LogP contribution in [-0.4, -0.2) is 34.1 Å². The van der Waals surface area contributed by atoms with Gasteiger partial charge in [0.25, 0.3) is 5.91 Å². The van der Waals surface area contributed by atoms with E-state index in [0.717, 1.165) is 22.3 Å². The zero-order chi connectivity index (χ0) is 20.3. The van der Waals surface area contributed by atoms with Crippen LogP contribution in [0.2, 0.25) is 0 Å². The molecule has 1 atom stereocenters. The highest BCUT2D eigenvalue weighted by Gasteiger charge is 2.22. The Morgan fingerprint density at radius 1 is 1.14 bits per heavy atom. The van der Waals surface area contributed by atoms with E-state index in [1.54, 1.807) is 14.0 Å². The fourth-order valence-corrected chi connectivity index (χ4v) is 2.82. The average Bonchev–Trinajstić information content (AvgIpc) is 3.13. The fraction of sp³-hybridized carbons (Fsp3) is 0.318. The van der Waals surface area contributed by atoms with Crippen LogP contribution in [0.5, 0.6) is 5.75 Å². The molecule has 1 amide bonds. The van der Waals surface area contributed by atoms with Crippen LogP contribution in [0.25, 0.3) is 11.4 Å². The van der Waals surface area contributed by atoms with Crippen LogP contribution < -0.4 is 4.74 Å². The van der Waals surface area contributed by atoms with Crippen molar-refractivity contribution in [3.05, 3.63) is 65.0 Å². The summed E-state index contributed by atoms with van der Waals surface area (Å²) in [5.41, 5.74) is 4.20. The Labute approximate surface area is 165 Å². The molecule has 0 unspecified atom stereocenters. The van der Waals surface area contributed by atoms with Crippen LogP contribution >= 0.6 is 0 Å². The maximum atomic E-state index is 12.7. The van der Waals surface area contributed by atoms with Gasteiger partial charge in [0.1, 0.15) is 5.75 Å². The summed E-state index contributed by atoms with van der Waals surface area (Å²) in [6.07, 6.45) is -0.620. The molecular formula is C22H25N3O3. The molecule has 3 rings (SSSR count). The van der Waals surface area contributed by atoms with Crippen LogP contribution in [0.3, 0.4) is 0 Å². The first-order valence-electron chi connectivity index (χ1n) is 9.22. The second-order valence-electron chi connectivity index (χ2n) is 7.03. The van der Waals surface area contributed by atoms with Crippen molar-refractivity contribution in [1.82, 2.24) is 15.0 Å². The zero-order valence-corrected chi connectivity index (χ0v) is 16.9. The number of likely N-dealkylation sites (N-methyl/N-ethyl adjacent to an activating group) is 1. The van der Waals surface area contributed by atoms with E-state index in [9.17, 15) is 4.79 Å². The number of carbonyl (C=O) groups is 1. The molecule has 2 aromatic carbocycles. The third-order valence-electron chi connectivity index (χ3n) is 4.73. The normalized spacial score (nSPS) is 11.9. The molecule has 28 heavy (non-hydrogen) atoms. The van der Waals surface area contributed by atoms with Crippen molar-refractivity contribution in [2.24, 2.45) is 0 Å². The predicted molar refractivity (Wildman–Crippen MR) is 107 cm³/mol. The number of hydrogen-bond donors (Lipinski definition) is 0. The second-order valence-corrected chi connectivity index (χ2v) is 7.03. The van der Waals surface area contributed by atoms with Gasteiger partial charge in [0, 0.05) is 12.6 Å². The topological polar surface area (TPSA) is 68.5 Å².